The number of nitrogens with zero attached hydrogens (tertiary/aromatic N) is 2. The summed E-state index contributed by atoms with van der Waals surface area (Å²) in [5.41, 5.74) is 3.10. The molecule has 1 aromatic rings. The van der Waals surface area contributed by atoms with Crippen LogP contribution >= 0.6 is 0 Å². The van der Waals surface area contributed by atoms with Crippen LogP contribution in [0.3, 0.4) is 0 Å². The molecule has 100 valence electrons. The second-order valence-corrected chi connectivity index (χ2v) is 6.49. The van der Waals surface area contributed by atoms with Gasteiger partial charge in [0, 0.05) is 20.1 Å². The molecule has 0 aromatic heterocycles. The van der Waals surface area contributed by atoms with Crippen molar-refractivity contribution in [1.29, 1.82) is 0 Å². The summed E-state index contributed by atoms with van der Waals surface area (Å²) in [7, 11) is -1.68. The number of hydrogen-bond acceptors (Lipinski definition) is 2. The fourth-order valence-corrected chi connectivity index (χ4v) is 3.82. The Bertz CT molecular complexity index is 518. The van der Waals surface area contributed by atoms with Crippen LogP contribution in [0.25, 0.3) is 0 Å². The third kappa shape index (κ3) is 2.01. The molecular formula is C13H20N2O2S. The molecule has 1 aliphatic rings. The Balaban J connectivity index is 2.57. The van der Waals surface area contributed by atoms with Crippen molar-refractivity contribution in [3.63, 3.8) is 0 Å². The van der Waals surface area contributed by atoms with Crippen molar-refractivity contribution in [2.45, 2.75) is 26.7 Å². The molecule has 0 atom stereocenters. The molecule has 0 radical (unpaired) electrons. The largest absolute Gasteiger partial charge is 0.303 e. The Morgan fingerprint density at radius 2 is 1.67 bits per heavy atom. The summed E-state index contributed by atoms with van der Waals surface area (Å²) >= 11 is 0. The minimum atomic E-state index is -3.32. The summed E-state index contributed by atoms with van der Waals surface area (Å²) in [6.07, 6.45) is 1.69. The van der Waals surface area contributed by atoms with E-state index in [1.807, 2.05) is 18.2 Å². The van der Waals surface area contributed by atoms with Gasteiger partial charge in [0.05, 0.1) is 5.69 Å². The van der Waals surface area contributed by atoms with Gasteiger partial charge in [-0.15, -0.1) is 0 Å². The molecule has 0 amide bonds. The van der Waals surface area contributed by atoms with Gasteiger partial charge in [-0.1, -0.05) is 32.0 Å². The SMILES string of the molecule is CCc1cccc(CC)c1N1CCN(C)S1(=O)=O. The van der Waals surface area contributed by atoms with E-state index in [-0.39, 0.29) is 0 Å². The van der Waals surface area contributed by atoms with E-state index in [2.05, 4.69) is 13.8 Å². The van der Waals surface area contributed by atoms with Crippen molar-refractivity contribution >= 4 is 15.9 Å². The highest BCUT2D eigenvalue weighted by molar-refractivity contribution is 7.90. The van der Waals surface area contributed by atoms with Gasteiger partial charge in [0.15, 0.2) is 0 Å². The molecule has 4 nitrogen and oxygen atoms in total. The highest BCUT2D eigenvalue weighted by Crippen LogP contribution is 2.32. The third-order valence-corrected chi connectivity index (χ3v) is 5.40. The molecule has 1 aliphatic heterocycles. The molecule has 0 aliphatic carbocycles. The van der Waals surface area contributed by atoms with Gasteiger partial charge < -0.3 is 0 Å². The Morgan fingerprint density at radius 3 is 2.06 bits per heavy atom. The summed E-state index contributed by atoms with van der Waals surface area (Å²) in [4.78, 5) is 0. The van der Waals surface area contributed by atoms with E-state index in [1.54, 1.807) is 11.4 Å². The zero-order valence-corrected chi connectivity index (χ0v) is 12.0. The second kappa shape index (κ2) is 4.90. The van der Waals surface area contributed by atoms with E-state index in [1.165, 1.54) is 4.31 Å². The summed E-state index contributed by atoms with van der Waals surface area (Å²) in [5.74, 6) is 0. The van der Waals surface area contributed by atoms with Gasteiger partial charge in [-0.25, -0.2) is 0 Å². The van der Waals surface area contributed by atoms with Crippen molar-refractivity contribution in [2.75, 3.05) is 24.4 Å². The van der Waals surface area contributed by atoms with Gasteiger partial charge in [-0.05, 0) is 24.0 Å². The minimum absolute atomic E-state index is 0.544. The average molecular weight is 268 g/mol. The fourth-order valence-electron chi connectivity index (χ4n) is 2.39. The number of anilines is 1. The quantitative estimate of drug-likeness (QED) is 0.839. The van der Waals surface area contributed by atoms with E-state index in [0.717, 1.165) is 29.7 Å². The first kappa shape index (κ1) is 13.4. The lowest BCUT2D eigenvalue weighted by atomic mass is 10.0. The maximum absolute atomic E-state index is 12.3. The van der Waals surface area contributed by atoms with E-state index in [4.69, 9.17) is 0 Å². The van der Waals surface area contributed by atoms with Crippen LogP contribution in [-0.2, 0) is 23.1 Å². The van der Waals surface area contributed by atoms with E-state index >= 15 is 0 Å². The summed E-state index contributed by atoms with van der Waals surface area (Å²) in [5, 5.41) is 0. The number of para-hydroxylation sites is 1. The molecule has 1 aromatic carbocycles. The van der Waals surface area contributed by atoms with Gasteiger partial charge in [0.2, 0.25) is 0 Å². The molecule has 0 saturated carbocycles. The van der Waals surface area contributed by atoms with E-state index in [9.17, 15) is 8.42 Å². The number of aryl methyl sites for hydroxylation is 2. The lowest BCUT2D eigenvalue weighted by Crippen LogP contribution is -2.32. The first-order valence-corrected chi connectivity index (χ1v) is 7.76. The molecular weight excluding hydrogens is 248 g/mol. The molecule has 0 bridgehead atoms. The topological polar surface area (TPSA) is 40.6 Å². The van der Waals surface area contributed by atoms with E-state index < -0.39 is 10.2 Å². The number of benzene rings is 1. The monoisotopic (exact) mass is 268 g/mol. The van der Waals surface area contributed by atoms with Crippen LogP contribution in [0.1, 0.15) is 25.0 Å². The average Bonchev–Trinajstić information content (AvgIpc) is 2.63. The lowest BCUT2D eigenvalue weighted by Gasteiger charge is -2.23. The van der Waals surface area contributed by atoms with Crippen LogP contribution in [0.4, 0.5) is 5.69 Å². The van der Waals surface area contributed by atoms with Gasteiger partial charge in [0.1, 0.15) is 0 Å². The Labute approximate surface area is 109 Å². The van der Waals surface area contributed by atoms with Crippen LogP contribution in [0.2, 0.25) is 0 Å². The highest BCUT2D eigenvalue weighted by Gasteiger charge is 2.35. The predicted molar refractivity (Wildman–Crippen MR) is 74.1 cm³/mol. The Hall–Kier alpha value is -1.07. The van der Waals surface area contributed by atoms with Crippen molar-refractivity contribution in [1.82, 2.24) is 4.31 Å². The molecule has 2 rings (SSSR count). The molecule has 0 spiro atoms. The van der Waals surface area contributed by atoms with Gasteiger partial charge >= 0.3 is 10.2 Å². The number of likely N-dealkylation sites (N-methyl/N-ethyl adjacent to an activating group) is 1. The van der Waals surface area contributed by atoms with Gasteiger partial charge in [0.25, 0.3) is 0 Å². The Morgan fingerprint density at radius 1 is 1.11 bits per heavy atom. The lowest BCUT2D eigenvalue weighted by molar-refractivity contribution is 0.511. The zero-order valence-electron chi connectivity index (χ0n) is 11.2. The van der Waals surface area contributed by atoms with Gasteiger partial charge in [-0.3, -0.25) is 4.31 Å². The zero-order chi connectivity index (χ0) is 13.3. The highest BCUT2D eigenvalue weighted by atomic mass is 32.2. The van der Waals surface area contributed by atoms with Crippen LogP contribution in [0.5, 0.6) is 0 Å². The summed E-state index contributed by atoms with van der Waals surface area (Å²) in [6, 6.07) is 6.04. The standard InChI is InChI=1S/C13H20N2O2S/c1-4-11-7-6-8-12(5-2)13(11)15-10-9-14(3)18(15,16)17/h6-8H,4-5,9-10H2,1-3H3. The van der Waals surface area contributed by atoms with Crippen LogP contribution in [0, 0.1) is 0 Å². The summed E-state index contributed by atoms with van der Waals surface area (Å²) < 4.78 is 27.5. The van der Waals surface area contributed by atoms with E-state index in [0.29, 0.717) is 13.1 Å². The summed E-state index contributed by atoms with van der Waals surface area (Å²) in [6.45, 7) is 5.22. The smallest absolute Gasteiger partial charge is 0.256 e. The molecule has 1 saturated heterocycles. The molecule has 5 heteroatoms. The molecule has 18 heavy (non-hydrogen) atoms. The van der Waals surface area contributed by atoms with Crippen LogP contribution in [-0.4, -0.2) is 32.9 Å². The van der Waals surface area contributed by atoms with Crippen molar-refractivity contribution in [3.05, 3.63) is 29.3 Å². The molecule has 0 N–H and O–H groups in total. The van der Waals surface area contributed by atoms with Crippen LogP contribution < -0.4 is 4.31 Å². The second-order valence-electron chi connectivity index (χ2n) is 4.53. The number of rotatable bonds is 3. The fraction of sp³-hybridized carbons (Fsp3) is 0.538. The van der Waals surface area contributed by atoms with Crippen molar-refractivity contribution < 1.29 is 8.42 Å². The van der Waals surface area contributed by atoms with Crippen molar-refractivity contribution in [3.8, 4) is 0 Å². The van der Waals surface area contributed by atoms with Crippen molar-refractivity contribution in [2.24, 2.45) is 0 Å². The number of hydrogen-bond donors (Lipinski definition) is 0. The predicted octanol–water partition coefficient (Wildman–Crippen LogP) is 1.81. The molecule has 0 unspecified atom stereocenters. The third-order valence-electron chi connectivity index (χ3n) is 3.50. The maximum Gasteiger partial charge on any atom is 0.303 e. The van der Waals surface area contributed by atoms with Crippen LogP contribution in [0.15, 0.2) is 18.2 Å². The molecule has 1 fully saturated rings. The Kier molecular flexibility index (Phi) is 3.64. The van der Waals surface area contributed by atoms with Gasteiger partial charge in [-0.2, -0.15) is 12.7 Å². The molecule has 1 heterocycles. The minimum Gasteiger partial charge on any atom is -0.256 e. The first-order chi connectivity index (χ1) is 8.52. The first-order valence-electron chi connectivity index (χ1n) is 6.37. The normalized spacial score (nSPS) is 19.4. The maximum atomic E-state index is 12.3.